The van der Waals surface area contributed by atoms with Gasteiger partial charge in [-0.2, -0.15) is 0 Å². The smallest absolute Gasteiger partial charge is 0.307 e. The molecular weight excluding hydrogens is 236 g/mol. The first-order valence-corrected chi connectivity index (χ1v) is 5.37. The molecule has 2 N–H and O–H groups in total. The van der Waals surface area contributed by atoms with E-state index in [0.29, 0.717) is 0 Å². The predicted octanol–water partition coefficient (Wildman–Crippen LogP) is -0.0644. The molecule has 0 aromatic carbocycles. The number of amides is 1. The van der Waals surface area contributed by atoms with Gasteiger partial charge in [0.1, 0.15) is 0 Å². The van der Waals surface area contributed by atoms with E-state index in [-0.39, 0.29) is 12.8 Å². The number of rotatable bonds is 2. The Balaban J connectivity index is 2.02. The molecule has 0 aromatic heterocycles. The summed E-state index contributed by atoms with van der Waals surface area (Å²) in [5.41, 5.74) is 0. The molecule has 1 saturated carbocycles. The van der Waals surface area contributed by atoms with Gasteiger partial charge in [0, 0.05) is 0 Å². The molecule has 0 spiro atoms. The molecule has 5 nitrogen and oxygen atoms in total. The first-order valence-electron chi connectivity index (χ1n) is 5.37. The molecular formula is C10H13F2NO4. The second-order valence-electron chi connectivity index (χ2n) is 4.73. The van der Waals surface area contributed by atoms with Crippen LogP contribution >= 0.6 is 0 Å². The largest absolute Gasteiger partial charge is 0.481 e. The van der Waals surface area contributed by atoms with Gasteiger partial charge < -0.3 is 15.1 Å². The summed E-state index contributed by atoms with van der Waals surface area (Å²) in [6, 6.07) is 0. The molecule has 1 amide bonds. The summed E-state index contributed by atoms with van der Waals surface area (Å²) in [6.07, 6.45) is -0.791. The SMILES string of the molecule is O=C(O)[C@@H]1C[C@H](O)C[C@H]1C(=O)N1CC(F)(F)C1. The number of carbonyl (C=O) groups excluding carboxylic acids is 1. The highest BCUT2D eigenvalue weighted by atomic mass is 19.3. The molecule has 0 bridgehead atoms. The van der Waals surface area contributed by atoms with Gasteiger partial charge in [-0.15, -0.1) is 0 Å². The van der Waals surface area contributed by atoms with E-state index in [1.807, 2.05) is 0 Å². The van der Waals surface area contributed by atoms with Crippen LogP contribution in [0, 0.1) is 11.8 Å². The average Bonchev–Trinajstić information content (AvgIpc) is 2.55. The molecule has 0 unspecified atom stereocenters. The minimum absolute atomic E-state index is 0.00989. The topological polar surface area (TPSA) is 77.8 Å². The van der Waals surface area contributed by atoms with E-state index in [0.717, 1.165) is 4.90 Å². The first-order chi connectivity index (χ1) is 7.80. The van der Waals surface area contributed by atoms with Crippen LogP contribution in [0.3, 0.4) is 0 Å². The van der Waals surface area contributed by atoms with Crippen LogP contribution in [0.5, 0.6) is 0 Å². The number of aliphatic carboxylic acids is 1. The zero-order chi connectivity index (χ0) is 12.8. The van der Waals surface area contributed by atoms with Crippen LogP contribution < -0.4 is 0 Å². The third kappa shape index (κ3) is 2.24. The summed E-state index contributed by atoms with van der Waals surface area (Å²) in [4.78, 5) is 23.6. The van der Waals surface area contributed by atoms with Crippen LogP contribution in [0.4, 0.5) is 8.78 Å². The Morgan fingerprint density at radius 3 is 2.18 bits per heavy atom. The summed E-state index contributed by atoms with van der Waals surface area (Å²) < 4.78 is 25.2. The van der Waals surface area contributed by atoms with E-state index >= 15 is 0 Å². The van der Waals surface area contributed by atoms with Crippen molar-refractivity contribution in [3.8, 4) is 0 Å². The molecule has 1 heterocycles. The number of hydrogen-bond acceptors (Lipinski definition) is 3. The standard InChI is InChI=1S/C10H13F2NO4/c11-10(12)3-13(4-10)8(15)6-1-5(14)2-7(6)9(16)17/h5-7,14H,1-4H2,(H,16,17)/t5-,6-,7-/m1/s1. The monoisotopic (exact) mass is 249 g/mol. The summed E-state index contributed by atoms with van der Waals surface area (Å²) >= 11 is 0. The van der Waals surface area contributed by atoms with Crippen molar-refractivity contribution in [2.24, 2.45) is 11.8 Å². The minimum atomic E-state index is -2.86. The predicted molar refractivity (Wildman–Crippen MR) is 51.4 cm³/mol. The molecule has 7 heteroatoms. The first kappa shape index (κ1) is 12.2. The fraction of sp³-hybridized carbons (Fsp3) is 0.800. The molecule has 3 atom stereocenters. The number of aliphatic hydroxyl groups excluding tert-OH is 1. The van der Waals surface area contributed by atoms with Crippen molar-refractivity contribution in [2.75, 3.05) is 13.1 Å². The quantitative estimate of drug-likeness (QED) is 0.718. The number of aliphatic hydroxyl groups is 1. The molecule has 2 rings (SSSR count). The van der Waals surface area contributed by atoms with Crippen LogP contribution in [-0.2, 0) is 9.59 Å². The van der Waals surface area contributed by atoms with Crippen LogP contribution in [-0.4, -0.2) is 52.1 Å². The van der Waals surface area contributed by atoms with Crippen molar-refractivity contribution < 1.29 is 28.6 Å². The molecule has 2 fully saturated rings. The van der Waals surface area contributed by atoms with Gasteiger partial charge in [-0.3, -0.25) is 9.59 Å². The number of carboxylic acids is 1. The third-order valence-electron chi connectivity index (χ3n) is 3.33. The molecule has 17 heavy (non-hydrogen) atoms. The highest BCUT2D eigenvalue weighted by Crippen LogP contribution is 2.36. The maximum absolute atomic E-state index is 12.6. The Bertz CT molecular complexity index is 352. The van der Waals surface area contributed by atoms with E-state index in [1.165, 1.54) is 0 Å². The second kappa shape index (κ2) is 3.90. The van der Waals surface area contributed by atoms with Crippen LogP contribution in [0.2, 0.25) is 0 Å². The normalized spacial score (nSPS) is 35.5. The highest BCUT2D eigenvalue weighted by Gasteiger charge is 2.51. The van der Waals surface area contributed by atoms with E-state index in [9.17, 15) is 23.5 Å². The van der Waals surface area contributed by atoms with Crippen LogP contribution in [0.1, 0.15) is 12.8 Å². The van der Waals surface area contributed by atoms with E-state index in [4.69, 9.17) is 5.11 Å². The molecule has 96 valence electrons. The Morgan fingerprint density at radius 2 is 1.71 bits per heavy atom. The molecule has 0 radical (unpaired) electrons. The van der Waals surface area contributed by atoms with Gasteiger partial charge in [0.15, 0.2) is 0 Å². The number of nitrogens with zero attached hydrogens (tertiary/aromatic N) is 1. The van der Waals surface area contributed by atoms with Gasteiger partial charge in [0.05, 0.1) is 31.0 Å². The van der Waals surface area contributed by atoms with Crippen molar-refractivity contribution in [1.29, 1.82) is 0 Å². The van der Waals surface area contributed by atoms with Crippen molar-refractivity contribution in [3.63, 3.8) is 0 Å². The lowest BCUT2D eigenvalue weighted by atomic mass is 9.93. The number of halogens is 2. The lowest BCUT2D eigenvalue weighted by Crippen LogP contribution is -2.60. The van der Waals surface area contributed by atoms with Crippen LogP contribution in [0.15, 0.2) is 0 Å². The molecule has 0 aromatic rings. The zero-order valence-corrected chi connectivity index (χ0v) is 8.97. The maximum atomic E-state index is 12.6. The number of likely N-dealkylation sites (tertiary alicyclic amines) is 1. The Kier molecular flexibility index (Phi) is 2.81. The average molecular weight is 249 g/mol. The Labute approximate surface area is 96.0 Å². The number of carbonyl (C=O) groups is 2. The summed E-state index contributed by atoms with van der Waals surface area (Å²) in [6.45, 7) is -1.30. The lowest BCUT2D eigenvalue weighted by molar-refractivity contribution is -0.172. The van der Waals surface area contributed by atoms with E-state index in [2.05, 4.69) is 0 Å². The van der Waals surface area contributed by atoms with Crippen molar-refractivity contribution in [2.45, 2.75) is 24.9 Å². The summed E-state index contributed by atoms with van der Waals surface area (Å²) in [7, 11) is 0. The minimum Gasteiger partial charge on any atom is -0.481 e. The van der Waals surface area contributed by atoms with Crippen molar-refractivity contribution in [1.82, 2.24) is 4.90 Å². The van der Waals surface area contributed by atoms with Gasteiger partial charge in [0.25, 0.3) is 5.92 Å². The van der Waals surface area contributed by atoms with Gasteiger partial charge in [-0.25, -0.2) is 8.78 Å². The lowest BCUT2D eigenvalue weighted by Gasteiger charge is -2.40. The molecule has 2 aliphatic rings. The van der Waals surface area contributed by atoms with Crippen LogP contribution in [0.25, 0.3) is 0 Å². The summed E-state index contributed by atoms with van der Waals surface area (Å²) in [5, 5.41) is 18.3. The van der Waals surface area contributed by atoms with Gasteiger partial charge in [-0.1, -0.05) is 0 Å². The van der Waals surface area contributed by atoms with Gasteiger partial charge in [-0.05, 0) is 12.8 Å². The summed E-state index contributed by atoms with van der Waals surface area (Å²) in [5.74, 6) is -6.44. The van der Waals surface area contributed by atoms with E-state index in [1.54, 1.807) is 0 Å². The zero-order valence-electron chi connectivity index (χ0n) is 8.97. The fourth-order valence-electron chi connectivity index (χ4n) is 2.46. The van der Waals surface area contributed by atoms with Gasteiger partial charge >= 0.3 is 5.97 Å². The van der Waals surface area contributed by atoms with E-state index < -0.39 is 48.8 Å². The van der Waals surface area contributed by atoms with Crippen molar-refractivity contribution >= 4 is 11.9 Å². The fourth-order valence-corrected chi connectivity index (χ4v) is 2.46. The number of carboxylic acid groups (broad SMARTS) is 1. The van der Waals surface area contributed by atoms with Gasteiger partial charge in [0.2, 0.25) is 5.91 Å². The maximum Gasteiger partial charge on any atom is 0.307 e. The number of alkyl halides is 2. The molecule has 1 aliphatic carbocycles. The number of hydrogen-bond donors (Lipinski definition) is 2. The molecule has 1 saturated heterocycles. The second-order valence-corrected chi connectivity index (χ2v) is 4.73. The van der Waals surface area contributed by atoms with Crippen molar-refractivity contribution in [3.05, 3.63) is 0 Å². The molecule has 1 aliphatic heterocycles. The Morgan fingerprint density at radius 1 is 1.18 bits per heavy atom. The third-order valence-corrected chi connectivity index (χ3v) is 3.33. The highest BCUT2D eigenvalue weighted by molar-refractivity contribution is 5.86. The Hall–Kier alpha value is -1.24.